The minimum Gasteiger partial charge on any atom is -0.507 e. The lowest BCUT2D eigenvalue weighted by molar-refractivity contribution is 0.0171. The number of hydrogen-bond donors (Lipinski definition) is 4. The highest BCUT2D eigenvalue weighted by atomic mass is 32.1. The second-order valence-corrected chi connectivity index (χ2v) is 3.91. The van der Waals surface area contributed by atoms with E-state index in [1.165, 1.54) is 18.2 Å². The summed E-state index contributed by atoms with van der Waals surface area (Å²) in [6, 6.07) is 4.17. The van der Waals surface area contributed by atoms with Gasteiger partial charge < -0.3 is 15.3 Å². The van der Waals surface area contributed by atoms with Gasteiger partial charge in [-0.15, -0.1) is 0 Å². The first-order valence-corrected chi connectivity index (χ1v) is 5.48. The molecule has 1 aromatic rings. The van der Waals surface area contributed by atoms with Crippen molar-refractivity contribution in [3.05, 3.63) is 29.3 Å². The van der Waals surface area contributed by atoms with Crippen molar-refractivity contribution >= 4 is 18.9 Å². The third kappa shape index (κ3) is 2.98. The number of aliphatic hydroxyl groups is 2. The molecule has 0 aliphatic heterocycles. The normalized spacial score (nSPS) is 14.4. The molecule has 88 valence electrons. The summed E-state index contributed by atoms with van der Waals surface area (Å²) in [5.74, 6) is 0.251. The number of aldehydes is 1. The number of rotatable bonds is 5. The van der Waals surface area contributed by atoms with Gasteiger partial charge in [0.15, 0.2) is 6.29 Å². The first kappa shape index (κ1) is 13.0. The maximum atomic E-state index is 10.5. The van der Waals surface area contributed by atoms with Crippen LogP contribution >= 0.6 is 12.6 Å². The van der Waals surface area contributed by atoms with Gasteiger partial charge in [0.05, 0.1) is 11.7 Å². The van der Waals surface area contributed by atoms with Gasteiger partial charge in [-0.25, -0.2) is 0 Å². The average molecular weight is 242 g/mol. The summed E-state index contributed by atoms with van der Waals surface area (Å²) in [5.41, 5.74) is 0.525. The summed E-state index contributed by atoms with van der Waals surface area (Å²) in [6.45, 7) is 0. The van der Waals surface area contributed by atoms with E-state index in [9.17, 15) is 20.1 Å². The van der Waals surface area contributed by atoms with Crippen molar-refractivity contribution in [2.45, 2.75) is 18.6 Å². The first-order valence-electron chi connectivity index (χ1n) is 4.85. The first-order chi connectivity index (χ1) is 7.60. The van der Waals surface area contributed by atoms with Crippen molar-refractivity contribution in [2.75, 3.05) is 5.75 Å². The van der Waals surface area contributed by atoms with E-state index in [4.69, 9.17) is 0 Å². The van der Waals surface area contributed by atoms with Gasteiger partial charge in [0.25, 0.3) is 0 Å². The number of phenols is 1. The van der Waals surface area contributed by atoms with E-state index in [2.05, 4.69) is 12.6 Å². The van der Waals surface area contributed by atoms with Crippen molar-refractivity contribution in [2.24, 2.45) is 0 Å². The molecule has 0 aliphatic carbocycles. The van der Waals surface area contributed by atoms with Crippen LogP contribution in [0.2, 0.25) is 0 Å². The molecule has 0 aromatic heterocycles. The van der Waals surface area contributed by atoms with Crippen LogP contribution in [0.5, 0.6) is 5.75 Å². The van der Waals surface area contributed by atoms with Crippen molar-refractivity contribution in [1.29, 1.82) is 0 Å². The lowest BCUT2D eigenvalue weighted by Crippen LogP contribution is -2.18. The van der Waals surface area contributed by atoms with E-state index in [1.807, 2.05) is 0 Å². The summed E-state index contributed by atoms with van der Waals surface area (Å²) in [5, 5.41) is 28.7. The standard InChI is InChI=1S/C11H14O4S/c12-6-8-2-1-7(5-10(8)14)11(15)9(13)3-4-16/h1-2,5-6,9,11,13-16H,3-4H2. The number of phenolic OH excluding ortho intramolecular Hbond substituents is 1. The number of carbonyl (C=O) groups excluding carboxylic acids is 1. The minimum absolute atomic E-state index is 0.152. The molecule has 16 heavy (non-hydrogen) atoms. The van der Waals surface area contributed by atoms with E-state index in [0.717, 1.165) is 0 Å². The Labute approximate surface area is 99.0 Å². The molecular weight excluding hydrogens is 228 g/mol. The number of thiol groups is 1. The lowest BCUT2D eigenvalue weighted by atomic mass is 10.0. The Hall–Kier alpha value is -1.04. The Bertz CT molecular complexity index is 367. The smallest absolute Gasteiger partial charge is 0.153 e. The Morgan fingerprint density at radius 3 is 2.56 bits per heavy atom. The van der Waals surface area contributed by atoms with Crippen molar-refractivity contribution in [1.82, 2.24) is 0 Å². The van der Waals surface area contributed by atoms with E-state index in [1.54, 1.807) is 0 Å². The Morgan fingerprint density at radius 1 is 1.38 bits per heavy atom. The zero-order valence-electron chi connectivity index (χ0n) is 8.58. The molecule has 1 rings (SSSR count). The molecular formula is C11H14O4S. The fraction of sp³-hybridized carbons (Fsp3) is 0.364. The highest BCUT2D eigenvalue weighted by Crippen LogP contribution is 2.24. The van der Waals surface area contributed by atoms with Crippen LogP contribution < -0.4 is 0 Å². The number of benzene rings is 1. The van der Waals surface area contributed by atoms with Crippen molar-refractivity contribution in [3.63, 3.8) is 0 Å². The van der Waals surface area contributed by atoms with Crippen LogP contribution in [0.4, 0.5) is 0 Å². The van der Waals surface area contributed by atoms with Crippen molar-refractivity contribution < 1.29 is 20.1 Å². The van der Waals surface area contributed by atoms with Crippen LogP contribution in [0.3, 0.4) is 0 Å². The predicted octanol–water partition coefficient (Wildman–Crippen LogP) is 0.919. The Morgan fingerprint density at radius 2 is 2.06 bits per heavy atom. The topological polar surface area (TPSA) is 77.8 Å². The molecule has 0 bridgehead atoms. The second kappa shape index (κ2) is 5.89. The number of aliphatic hydroxyl groups excluding tert-OH is 2. The van der Waals surface area contributed by atoms with E-state index in [-0.39, 0.29) is 11.3 Å². The monoisotopic (exact) mass is 242 g/mol. The van der Waals surface area contributed by atoms with Gasteiger partial charge in [-0.3, -0.25) is 4.79 Å². The summed E-state index contributed by atoms with van der Waals surface area (Å²) in [7, 11) is 0. The fourth-order valence-corrected chi connectivity index (χ4v) is 1.62. The van der Waals surface area contributed by atoms with Crippen LogP contribution in [0, 0.1) is 0 Å². The van der Waals surface area contributed by atoms with Gasteiger partial charge in [-0.1, -0.05) is 6.07 Å². The number of carbonyl (C=O) groups is 1. The maximum Gasteiger partial charge on any atom is 0.153 e. The molecule has 2 unspecified atom stereocenters. The molecule has 3 N–H and O–H groups in total. The summed E-state index contributed by atoms with van der Waals surface area (Å²) in [6.07, 6.45) is -1.14. The maximum absolute atomic E-state index is 10.5. The molecule has 5 heteroatoms. The third-order valence-corrected chi connectivity index (χ3v) is 2.57. The highest BCUT2D eigenvalue weighted by Gasteiger charge is 2.18. The molecule has 4 nitrogen and oxygen atoms in total. The highest BCUT2D eigenvalue weighted by molar-refractivity contribution is 7.80. The van der Waals surface area contributed by atoms with Gasteiger partial charge in [0, 0.05) is 0 Å². The van der Waals surface area contributed by atoms with Crippen molar-refractivity contribution in [3.8, 4) is 5.75 Å². The van der Waals surface area contributed by atoms with Gasteiger partial charge in [0.2, 0.25) is 0 Å². The summed E-state index contributed by atoms with van der Waals surface area (Å²) in [4.78, 5) is 10.5. The fourth-order valence-electron chi connectivity index (χ4n) is 1.36. The molecule has 2 atom stereocenters. The Kier molecular flexibility index (Phi) is 4.79. The predicted molar refractivity (Wildman–Crippen MR) is 62.9 cm³/mol. The quantitative estimate of drug-likeness (QED) is 0.457. The molecule has 0 saturated heterocycles. The molecule has 0 fully saturated rings. The molecule has 1 aromatic carbocycles. The van der Waals surface area contributed by atoms with E-state index < -0.39 is 12.2 Å². The molecule has 0 saturated carbocycles. The molecule has 0 heterocycles. The average Bonchev–Trinajstić information content (AvgIpc) is 2.28. The van der Waals surface area contributed by atoms with Gasteiger partial charge in [0.1, 0.15) is 11.9 Å². The summed E-state index contributed by atoms with van der Waals surface area (Å²) >= 11 is 3.95. The van der Waals surface area contributed by atoms with Crippen LogP contribution in [-0.2, 0) is 0 Å². The van der Waals surface area contributed by atoms with Gasteiger partial charge >= 0.3 is 0 Å². The zero-order valence-corrected chi connectivity index (χ0v) is 9.47. The lowest BCUT2D eigenvalue weighted by Gasteiger charge is -2.17. The molecule has 0 aliphatic rings. The van der Waals surface area contributed by atoms with Gasteiger partial charge in [-0.05, 0) is 29.9 Å². The third-order valence-electron chi connectivity index (χ3n) is 2.31. The van der Waals surface area contributed by atoms with Crippen LogP contribution in [0.15, 0.2) is 18.2 Å². The summed E-state index contributed by atoms with van der Waals surface area (Å²) < 4.78 is 0. The molecule has 0 amide bonds. The van der Waals surface area contributed by atoms with E-state index >= 15 is 0 Å². The van der Waals surface area contributed by atoms with E-state index in [0.29, 0.717) is 24.0 Å². The second-order valence-electron chi connectivity index (χ2n) is 3.46. The largest absolute Gasteiger partial charge is 0.507 e. The number of hydrogen-bond acceptors (Lipinski definition) is 5. The zero-order chi connectivity index (χ0) is 12.1. The number of aromatic hydroxyl groups is 1. The molecule has 0 spiro atoms. The SMILES string of the molecule is O=Cc1ccc(C(O)C(O)CCS)cc1O. The van der Waals surface area contributed by atoms with Crippen LogP contribution in [0.25, 0.3) is 0 Å². The molecule has 0 radical (unpaired) electrons. The minimum atomic E-state index is -1.08. The van der Waals surface area contributed by atoms with Crippen LogP contribution in [0.1, 0.15) is 28.4 Å². The van der Waals surface area contributed by atoms with Gasteiger partial charge in [-0.2, -0.15) is 12.6 Å². The van der Waals surface area contributed by atoms with Crippen LogP contribution in [-0.4, -0.2) is 33.5 Å². The Balaban J connectivity index is 2.88.